The Labute approximate surface area is 103 Å². The van der Waals surface area contributed by atoms with Crippen molar-refractivity contribution in [1.29, 1.82) is 0 Å². The highest BCUT2D eigenvalue weighted by atomic mass is 19.2. The van der Waals surface area contributed by atoms with E-state index in [0.717, 1.165) is 25.1 Å². The van der Waals surface area contributed by atoms with Crippen molar-refractivity contribution in [2.75, 3.05) is 31.1 Å². The maximum atomic E-state index is 13.8. The van der Waals surface area contributed by atoms with Gasteiger partial charge >= 0.3 is 0 Å². The number of halogens is 2. The normalized spacial score (nSPS) is 16.4. The molecular formula is C11H13F2N3O2. The Morgan fingerprint density at radius 3 is 2.78 bits per heavy atom. The number of nitrogens with one attached hydrogen (secondary N) is 1. The second-order valence-corrected chi connectivity index (χ2v) is 4.08. The Bertz CT molecular complexity index is 460. The molecule has 7 heteroatoms. The summed E-state index contributed by atoms with van der Waals surface area (Å²) in [6, 6.07) is 1.79. The van der Waals surface area contributed by atoms with E-state index < -0.39 is 22.2 Å². The van der Waals surface area contributed by atoms with E-state index in [-0.39, 0.29) is 5.69 Å². The van der Waals surface area contributed by atoms with Crippen LogP contribution in [0, 0.1) is 21.7 Å². The van der Waals surface area contributed by atoms with Gasteiger partial charge in [0.1, 0.15) is 0 Å². The van der Waals surface area contributed by atoms with Gasteiger partial charge in [-0.05, 0) is 19.0 Å². The van der Waals surface area contributed by atoms with Gasteiger partial charge in [0.25, 0.3) is 5.69 Å². The van der Waals surface area contributed by atoms with Crippen molar-refractivity contribution in [3.8, 4) is 0 Å². The van der Waals surface area contributed by atoms with Crippen LogP contribution < -0.4 is 10.2 Å². The van der Waals surface area contributed by atoms with Gasteiger partial charge < -0.3 is 10.2 Å². The first-order valence-electron chi connectivity index (χ1n) is 5.69. The first-order valence-corrected chi connectivity index (χ1v) is 5.69. The van der Waals surface area contributed by atoms with Gasteiger partial charge in [0, 0.05) is 25.7 Å². The molecule has 1 saturated heterocycles. The van der Waals surface area contributed by atoms with E-state index in [2.05, 4.69) is 5.32 Å². The van der Waals surface area contributed by atoms with Gasteiger partial charge in [-0.15, -0.1) is 0 Å². The minimum absolute atomic E-state index is 0.247. The molecule has 1 aromatic rings. The molecule has 0 amide bonds. The summed E-state index contributed by atoms with van der Waals surface area (Å²) in [5, 5.41) is 14.0. The van der Waals surface area contributed by atoms with Gasteiger partial charge in [-0.25, -0.2) is 8.78 Å². The summed E-state index contributed by atoms with van der Waals surface area (Å²) < 4.78 is 27.0. The quantitative estimate of drug-likeness (QED) is 0.646. The average Bonchev–Trinajstić information content (AvgIpc) is 2.60. The molecule has 18 heavy (non-hydrogen) atoms. The first kappa shape index (κ1) is 12.7. The van der Waals surface area contributed by atoms with E-state index in [4.69, 9.17) is 0 Å². The molecular weight excluding hydrogens is 244 g/mol. The lowest BCUT2D eigenvalue weighted by Gasteiger charge is -2.22. The zero-order valence-electron chi connectivity index (χ0n) is 9.66. The van der Waals surface area contributed by atoms with Crippen LogP contribution in [0.1, 0.15) is 6.42 Å². The topological polar surface area (TPSA) is 58.4 Å². The van der Waals surface area contributed by atoms with E-state index in [1.807, 2.05) is 0 Å². The number of nitrogens with zero attached hydrogens (tertiary/aromatic N) is 2. The zero-order chi connectivity index (χ0) is 13.1. The first-order chi connectivity index (χ1) is 8.61. The Kier molecular flexibility index (Phi) is 3.71. The zero-order valence-corrected chi connectivity index (χ0v) is 9.66. The SMILES string of the molecule is O=[N+]([O-])c1ccc(F)c(F)c1N1CCCNCC1. The van der Waals surface area contributed by atoms with Crippen molar-refractivity contribution in [3.63, 3.8) is 0 Å². The van der Waals surface area contributed by atoms with Crippen LogP contribution in [0.4, 0.5) is 20.2 Å². The van der Waals surface area contributed by atoms with Crippen LogP contribution in [0.15, 0.2) is 12.1 Å². The third-order valence-electron chi connectivity index (χ3n) is 2.90. The molecule has 0 bridgehead atoms. The van der Waals surface area contributed by atoms with Crippen molar-refractivity contribution < 1.29 is 13.7 Å². The molecule has 1 fully saturated rings. The summed E-state index contributed by atoms with van der Waals surface area (Å²) in [5.74, 6) is -2.21. The highest BCUT2D eigenvalue weighted by molar-refractivity contribution is 5.64. The van der Waals surface area contributed by atoms with Crippen molar-refractivity contribution >= 4 is 11.4 Å². The fourth-order valence-corrected chi connectivity index (χ4v) is 2.05. The van der Waals surface area contributed by atoms with Crippen molar-refractivity contribution in [2.24, 2.45) is 0 Å². The fraction of sp³-hybridized carbons (Fsp3) is 0.455. The number of hydrogen-bond acceptors (Lipinski definition) is 4. The Balaban J connectivity index is 2.45. The molecule has 5 nitrogen and oxygen atoms in total. The highest BCUT2D eigenvalue weighted by Gasteiger charge is 2.26. The van der Waals surface area contributed by atoms with Crippen LogP contribution in [0.25, 0.3) is 0 Å². The lowest BCUT2D eigenvalue weighted by atomic mass is 10.2. The van der Waals surface area contributed by atoms with E-state index in [0.29, 0.717) is 19.6 Å². The minimum Gasteiger partial charge on any atom is -0.362 e. The second kappa shape index (κ2) is 5.26. The minimum atomic E-state index is -1.15. The Hall–Kier alpha value is -1.76. The van der Waals surface area contributed by atoms with Crippen molar-refractivity contribution in [1.82, 2.24) is 5.32 Å². The van der Waals surface area contributed by atoms with Crippen LogP contribution in [0.3, 0.4) is 0 Å². The number of hydrogen-bond donors (Lipinski definition) is 1. The molecule has 2 rings (SSSR count). The molecule has 1 aromatic carbocycles. The molecule has 1 aliphatic heterocycles. The van der Waals surface area contributed by atoms with Gasteiger partial charge in [0.2, 0.25) is 0 Å². The third-order valence-corrected chi connectivity index (χ3v) is 2.90. The monoisotopic (exact) mass is 257 g/mol. The molecule has 1 heterocycles. The summed E-state index contributed by atoms with van der Waals surface area (Å²) in [7, 11) is 0. The molecule has 98 valence electrons. The third kappa shape index (κ3) is 2.40. The highest BCUT2D eigenvalue weighted by Crippen LogP contribution is 2.32. The maximum absolute atomic E-state index is 13.8. The maximum Gasteiger partial charge on any atom is 0.295 e. The van der Waals surface area contributed by atoms with E-state index in [1.54, 1.807) is 0 Å². The Morgan fingerprint density at radius 2 is 2.06 bits per heavy atom. The molecule has 0 spiro atoms. The second-order valence-electron chi connectivity index (χ2n) is 4.08. The van der Waals surface area contributed by atoms with E-state index in [1.165, 1.54) is 4.90 Å². The lowest BCUT2D eigenvalue weighted by molar-refractivity contribution is -0.384. The van der Waals surface area contributed by atoms with Crippen LogP contribution in [0.5, 0.6) is 0 Å². The van der Waals surface area contributed by atoms with Gasteiger partial charge in [0.15, 0.2) is 17.3 Å². The summed E-state index contributed by atoms with van der Waals surface area (Å²) in [6.45, 7) is 2.24. The standard InChI is InChI=1S/C11H13F2N3O2/c12-8-2-3-9(16(17)18)11(10(8)13)15-6-1-4-14-5-7-15/h2-3,14H,1,4-7H2. The largest absolute Gasteiger partial charge is 0.362 e. The molecule has 0 unspecified atom stereocenters. The summed E-state index contributed by atoms with van der Waals surface area (Å²) in [4.78, 5) is 11.7. The number of anilines is 1. The predicted octanol–water partition coefficient (Wildman–Crippen LogP) is 1.67. The van der Waals surface area contributed by atoms with Crippen LogP contribution >= 0.6 is 0 Å². The lowest BCUT2D eigenvalue weighted by Crippen LogP contribution is -2.29. The van der Waals surface area contributed by atoms with Gasteiger partial charge in [-0.2, -0.15) is 0 Å². The fourth-order valence-electron chi connectivity index (χ4n) is 2.05. The van der Waals surface area contributed by atoms with Gasteiger partial charge in [-0.1, -0.05) is 0 Å². The van der Waals surface area contributed by atoms with Crippen molar-refractivity contribution in [3.05, 3.63) is 33.9 Å². The summed E-state index contributed by atoms with van der Waals surface area (Å²) in [6.07, 6.45) is 0.729. The molecule has 0 saturated carbocycles. The smallest absolute Gasteiger partial charge is 0.295 e. The molecule has 1 aliphatic rings. The molecule has 0 aromatic heterocycles. The molecule has 0 atom stereocenters. The Morgan fingerprint density at radius 1 is 1.28 bits per heavy atom. The summed E-state index contributed by atoms with van der Waals surface area (Å²) in [5.41, 5.74) is -0.639. The number of rotatable bonds is 2. The van der Waals surface area contributed by atoms with Crippen LogP contribution in [-0.2, 0) is 0 Å². The summed E-state index contributed by atoms with van der Waals surface area (Å²) >= 11 is 0. The van der Waals surface area contributed by atoms with Crippen molar-refractivity contribution in [2.45, 2.75) is 6.42 Å². The molecule has 1 N–H and O–H groups in total. The van der Waals surface area contributed by atoms with Gasteiger partial charge in [-0.3, -0.25) is 10.1 Å². The predicted molar refractivity (Wildman–Crippen MR) is 62.7 cm³/mol. The molecule has 0 radical (unpaired) electrons. The average molecular weight is 257 g/mol. The number of nitro groups is 1. The number of benzene rings is 1. The van der Waals surface area contributed by atoms with Crippen LogP contribution in [-0.4, -0.2) is 31.1 Å². The van der Waals surface area contributed by atoms with Gasteiger partial charge in [0.05, 0.1) is 4.92 Å². The van der Waals surface area contributed by atoms with Crippen LogP contribution in [0.2, 0.25) is 0 Å². The van der Waals surface area contributed by atoms with E-state index in [9.17, 15) is 18.9 Å². The number of nitro benzene ring substituents is 1. The molecule has 0 aliphatic carbocycles. The van der Waals surface area contributed by atoms with E-state index >= 15 is 0 Å².